The van der Waals surface area contributed by atoms with Crippen molar-refractivity contribution in [1.82, 2.24) is 5.32 Å². The molecule has 3 nitrogen and oxygen atoms in total. The van der Waals surface area contributed by atoms with Gasteiger partial charge in [-0.1, -0.05) is 11.8 Å². The first kappa shape index (κ1) is 11.0. The summed E-state index contributed by atoms with van der Waals surface area (Å²) < 4.78 is 11.0. The molecule has 76 valence electrons. The third kappa shape index (κ3) is 4.13. The Morgan fingerprint density at radius 3 is 3.08 bits per heavy atom. The molecule has 1 rings (SSSR count). The highest BCUT2D eigenvalue weighted by molar-refractivity contribution is 8.13. The van der Waals surface area contributed by atoms with Gasteiger partial charge >= 0.3 is 0 Å². The standard InChI is InChI=1S/C8H16N2OS2/c1-7(13(2)11)6-10-8-9-4-3-5-12-8/h7H,3-6H2,1-2H3,(H,9,10). The Hall–Kier alpha value is -0.0300. The fourth-order valence-electron chi connectivity index (χ4n) is 0.915. The van der Waals surface area contributed by atoms with Gasteiger partial charge in [-0.15, -0.1) is 0 Å². The summed E-state index contributed by atoms with van der Waals surface area (Å²) >= 11 is 1.76. The van der Waals surface area contributed by atoms with Gasteiger partial charge in [-0.25, -0.2) is 0 Å². The van der Waals surface area contributed by atoms with Crippen molar-refractivity contribution >= 4 is 27.7 Å². The van der Waals surface area contributed by atoms with Crippen molar-refractivity contribution in [3.63, 3.8) is 0 Å². The van der Waals surface area contributed by atoms with Crippen molar-refractivity contribution in [1.29, 1.82) is 0 Å². The minimum Gasteiger partial charge on any atom is -0.364 e. The third-order valence-corrected chi connectivity index (χ3v) is 4.24. The molecule has 1 aliphatic heterocycles. The molecule has 0 amide bonds. The molecule has 2 unspecified atom stereocenters. The molecular formula is C8H16N2OS2. The molecule has 2 atom stereocenters. The van der Waals surface area contributed by atoms with E-state index in [1.165, 1.54) is 6.42 Å². The number of nitrogens with zero attached hydrogens (tertiary/aromatic N) is 1. The summed E-state index contributed by atoms with van der Waals surface area (Å²) in [6, 6.07) is 0. The molecule has 0 radical (unpaired) electrons. The molecule has 0 bridgehead atoms. The minimum absolute atomic E-state index is 0.199. The lowest BCUT2D eigenvalue weighted by molar-refractivity contribution is 0.674. The smallest absolute Gasteiger partial charge is 0.156 e. The van der Waals surface area contributed by atoms with Crippen LogP contribution in [0.1, 0.15) is 13.3 Å². The predicted molar refractivity (Wildman–Crippen MR) is 60.9 cm³/mol. The number of hydrogen-bond donors (Lipinski definition) is 1. The zero-order valence-corrected chi connectivity index (χ0v) is 9.71. The first-order valence-corrected chi connectivity index (χ1v) is 7.04. The van der Waals surface area contributed by atoms with Gasteiger partial charge in [-0.3, -0.25) is 9.20 Å². The van der Waals surface area contributed by atoms with E-state index in [1.54, 1.807) is 18.0 Å². The van der Waals surface area contributed by atoms with E-state index in [0.717, 1.165) is 24.0 Å². The van der Waals surface area contributed by atoms with Crippen molar-refractivity contribution in [2.24, 2.45) is 4.99 Å². The Bertz CT molecular complexity index is 218. The van der Waals surface area contributed by atoms with Crippen LogP contribution in [0, 0.1) is 0 Å². The van der Waals surface area contributed by atoms with Crippen LogP contribution >= 0.6 is 11.8 Å². The van der Waals surface area contributed by atoms with E-state index in [1.807, 2.05) is 6.92 Å². The van der Waals surface area contributed by atoms with Crippen molar-refractivity contribution < 1.29 is 4.21 Å². The van der Waals surface area contributed by atoms with Crippen molar-refractivity contribution in [3.8, 4) is 0 Å². The van der Waals surface area contributed by atoms with Crippen LogP contribution in [0.2, 0.25) is 0 Å². The molecule has 0 aromatic carbocycles. The summed E-state index contributed by atoms with van der Waals surface area (Å²) in [4.78, 5) is 4.33. The normalized spacial score (nSPS) is 21.8. The molecule has 0 aromatic rings. The molecule has 1 N–H and O–H groups in total. The number of nitrogens with one attached hydrogen (secondary N) is 1. The largest absolute Gasteiger partial charge is 0.364 e. The molecule has 5 heteroatoms. The molecular weight excluding hydrogens is 204 g/mol. The topological polar surface area (TPSA) is 41.5 Å². The van der Waals surface area contributed by atoms with Gasteiger partial charge in [0.15, 0.2) is 5.17 Å². The summed E-state index contributed by atoms with van der Waals surface area (Å²) in [5.41, 5.74) is 0. The van der Waals surface area contributed by atoms with Crippen LogP contribution < -0.4 is 5.32 Å². The van der Waals surface area contributed by atoms with Crippen LogP contribution in [0.25, 0.3) is 0 Å². The van der Waals surface area contributed by atoms with Crippen LogP contribution in [0.3, 0.4) is 0 Å². The predicted octanol–water partition coefficient (Wildman–Crippen LogP) is 0.836. The summed E-state index contributed by atoms with van der Waals surface area (Å²) in [7, 11) is -0.741. The van der Waals surface area contributed by atoms with Crippen LogP contribution in [0.15, 0.2) is 4.99 Å². The second kappa shape index (κ2) is 5.65. The second-order valence-corrected chi connectivity index (χ2v) is 5.96. The van der Waals surface area contributed by atoms with Crippen LogP contribution in [-0.2, 0) is 10.8 Å². The average molecular weight is 220 g/mol. The Kier molecular flexibility index (Phi) is 4.80. The zero-order chi connectivity index (χ0) is 9.68. The molecule has 0 spiro atoms. The highest BCUT2D eigenvalue weighted by atomic mass is 32.2. The van der Waals surface area contributed by atoms with E-state index < -0.39 is 10.8 Å². The van der Waals surface area contributed by atoms with E-state index in [2.05, 4.69) is 10.3 Å². The van der Waals surface area contributed by atoms with Gasteiger partial charge in [0.1, 0.15) is 0 Å². The monoisotopic (exact) mass is 220 g/mol. The summed E-state index contributed by atoms with van der Waals surface area (Å²) in [6.07, 6.45) is 2.91. The minimum atomic E-state index is -0.741. The molecule has 13 heavy (non-hydrogen) atoms. The Morgan fingerprint density at radius 2 is 2.54 bits per heavy atom. The molecule has 0 aliphatic carbocycles. The lowest BCUT2D eigenvalue weighted by Crippen LogP contribution is -2.32. The van der Waals surface area contributed by atoms with Crippen molar-refractivity contribution in [2.45, 2.75) is 18.6 Å². The van der Waals surface area contributed by atoms with Gasteiger partial charge in [0, 0.05) is 41.1 Å². The van der Waals surface area contributed by atoms with Crippen LogP contribution in [-0.4, -0.2) is 39.7 Å². The first-order valence-electron chi connectivity index (χ1n) is 4.43. The van der Waals surface area contributed by atoms with E-state index in [4.69, 9.17) is 0 Å². The molecule has 0 fully saturated rings. The van der Waals surface area contributed by atoms with Gasteiger partial charge in [0.25, 0.3) is 0 Å². The van der Waals surface area contributed by atoms with Gasteiger partial charge < -0.3 is 5.32 Å². The fraction of sp³-hybridized carbons (Fsp3) is 0.875. The molecule has 0 saturated heterocycles. The van der Waals surface area contributed by atoms with Gasteiger partial charge in [0.05, 0.1) is 0 Å². The number of hydrogen-bond acceptors (Lipinski definition) is 4. The highest BCUT2D eigenvalue weighted by Crippen LogP contribution is 2.10. The van der Waals surface area contributed by atoms with E-state index in [0.29, 0.717) is 0 Å². The number of thioether (sulfide) groups is 1. The van der Waals surface area contributed by atoms with Crippen LogP contribution in [0.5, 0.6) is 0 Å². The van der Waals surface area contributed by atoms with Gasteiger partial charge in [-0.2, -0.15) is 0 Å². The Labute approximate surface area is 86.2 Å². The maximum Gasteiger partial charge on any atom is 0.156 e. The maximum atomic E-state index is 11.0. The summed E-state index contributed by atoms with van der Waals surface area (Å²) in [5.74, 6) is 1.15. The van der Waals surface area contributed by atoms with Crippen molar-refractivity contribution in [3.05, 3.63) is 0 Å². The van der Waals surface area contributed by atoms with E-state index in [9.17, 15) is 4.21 Å². The second-order valence-electron chi connectivity index (χ2n) is 3.08. The lowest BCUT2D eigenvalue weighted by atomic mass is 10.5. The van der Waals surface area contributed by atoms with Gasteiger partial charge in [-0.05, 0) is 13.3 Å². The quantitative estimate of drug-likeness (QED) is 0.766. The Balaban J connectivity index is 2.25. The SMILES string of the molecule is CC(CNC1=NCCCS1)S(C)=O. The lowest BCUT2D eigenvalue weighted by Gasteiger charge is -2.15. The summed E-state index contributed by atoms with van der Waals surface area (Å²) in [5, 5.41) is 4.44. The first-order chi connectivity index (χ1) is 6.20. The number of amidine groups is 1. The molecule has 1 aliphatic rings. The maximum absolute atomic E-state index is 11.0. The van der Waals surface area contributed by atoms with E-state index >= 15 is 0 Å². The average Bonchev–Trinajstić information content (AvgIpc) is 2.15. The number of aliphatic imine (C=N–C) groups is 1. The molecule has 1 heterocycles. The molecule has 0 saturated carbocycles. The zero-order valence-electron chi connectivity index (χ0n) is 8.08. The number of rotatable bonds is 3. The van der Waals surface area contributed by atoms with Crippen molar-refractivity contribution in [2.75, 3.05) is 25.1 Å². The summed E-state index contributed by atoms with van der Waals surface area (Å²) in [6.45, 7) is 3.67. The fourth-order valence-corrected chi connectivity index (χ4v) is 2.07. The van der Waals surface area contributed by atoms with E-state index in [-0.39, 0.29) is 5.25 Å². The molecule has 0 aromatic heterocycles. The Morgan fingerprint density at radius 1 is 1.77 bits per heavy atom. The highest BCUT2D eigenvalue weighted by Gasteiger charge is 2.09. The van der Waals surface area contributed by atoms with Crippen LogP contribution in [0.4, 0.5) is 0 Å². The third-order valence-electron chi connectivity index (χ3n) is 1.90. The van der Waals surface area contributed by atoms with Gasteiger partial charge in [0.2, 0.25) is 0 Å².